The van der Waals surface area contributed by atoms with Gasteiger partial charge in [0.1, 0.15) is 0 Å². The highest BCUT2D eigenvalue weighted by Gasteiger charge is 2.43. The number of hydrogen-bond acceptors (Lipinski definition) is 3. The fraction of sp³-hybridized carbons (Fsp3) is 0.562. The lowest BCUT2D eigenvalue weighted by Gasteiger charge is -2.39. The van der Waals surface area contributed by atoms with Gasteiger partial charge in [-0.25, -0.2) is 0 Å². The molecule has 0 aromatic heterocycles. The van der Waals surface area contributed by atoms with Crippen molar-refractivity contribution in [3.63, 3.8) is 0 Å². The number of aryl methyl sites for hydroxylation is 1. The van der Waals surface area contributed by atoms with Gasteiger partial charge in [-0.3, -0.25) is 4.79 Å². The van der Waals surface area contributed by atoms with Crippen molar-refractivity contribution >= 4 is 18.4 Å². The number of carbonyl (C=O) groups is 1. The first-order valence-electron chi connectivity index (χ1n) is 7.01. The molecule has 1 fully saturated rings. The van der Waals surface area contributed by atoms with Crippen molar-refractivity contribution in [2.24, 2.45) is 0 Å². The molecule has 0 unspecified atom stereocenters. The maximum absolute atomic E-state index is 12.5. The Hall–Kier alpha value is -1.06. The van der Waals surface area contributed by atoms with E-state index in [0.717, 1.165) is 31.5 Å². The number of rotatable bonds is 3. The second kappa shape index (κ2) is 7.09. The van der Waals surface area contributed by atoms with Crippen LogP contribution in [0.3, 0.4) is 0 Å². The molecule has 0 amide bonds. The van der Waals surface area contributed by atoms with Gasteiger partial charge in [-0.2, -0.15) is 0 Å². The Morgan fingerprint density at radius 3 is 2.30 bits per heavy atom. The van der Waals surface area contributed by atoms with Crippen LogP contribution in [0.2, 0.25) is 0 Å². The Kier molecular flexibility index (Phi) is 6.03. The van der Waals surface area contributed by atoms with Gasteiger partial charge in [-0.1, -0.05) is 29.8 Å². The van der Waals surface area contributed by atoms with Gasteiger partial charge in [0.2, 0.25) is 0 Å². The Bertz CT molecular complexity index is 436. The Balaban J connectivity index is 0.00000200. The Labute approximate surface area is 127 Å². The molecule has 0 saturated carbocycles. The molecule has 1 heterocycles. The molecule has 0 radical (unpaired) electrons. The van der Waals surface area contributed by atoms with E-state index >= 15 is 0 Å². The molecule has 1 aromatic carbocycles. The molecule has 0 bridgehead atoms. The number of carbonyl (C=O) groups excluding carboxylic acids is 1. The van der Waals surface area contributed by atoms with E-state index in [0.29, 0.717) is 6.61 Å². The topological polar surface area (TPSA) is 29.5 Å². The summed E-state index contributed by atoms with van der Waals surface area (Å²) in [6, 6.07) is 8.32. The maximum Gasteiger partial charge on any atom is 0.316 e. The van der Waals surface area contributed by atoms with Crippen LogP contribution in [0.4, 0.5) is 0 Å². The Morgan fingerprint density at radius 2 is 1.80 bits per heavy atom. The SMILES string of the molecule is CCOC(=O)C1(c2ccc(C)cc2)CCN(C)CC1.Cl. The largest absolute Gasteiger partial charge is 0.465 e. The fourth-order valence-electron chi connectivity index (χ4n) is 2.75. The van der Waals surface area contributed by atoms with Crippen LogP contribution in [0.25, 0.3) is 0 Å². The first-order chi connectivity index (χ1) is 9.08. The molecule has 1 aliphatic heterocycles. The summed E-state index contributed by atoms with van der Waals surface area (Å²) in [5.74, 6) is -0.0630. The summed E-state index contributed by atoms with van der Waals surface area (Å²) in [5, 5.41) is 0. The van der Waals surface area contributed by atoms with Gasteiger partial charge in [0.15, 0.2) is 0 Å². The number of halogens is 1. The van der Waals surface area contributed by atoms with E-state index in [1.807, 2.05) is 6.92 Å². The van der Waals surface area contributed by atoms with E-state index < -0.39 is 5.41 Å². The maximum atomic E-state index is 12.5. The van der Waals surface area contributed by atoms with Crippen molar-refractivity contribution in [2.75, 3.05) is 26.7 Å². The summed E-state index contributed by atoms with van der Waals surface area (Å²) in [7, 11) is 2.10. The van der Waals surface area contributed by atoms with Gasteiger partial charge >= 0.3 is 5.97 Å². The van der Waals surface area contributed by atoms with Gasteiger partial charge in [0.05, 0.1) is 12.0 Å². The minimum atomic E-state index is -0.448. The molecule has 0 atom stereocenters. The first-order valence-corrected chi connectivity index (χ1v) is 7.01. The minimum Gasteiger partial charge on any atom is -0.465 e. The quantitative estimate of drug-likeness (QED) is 0.804. The molecule has 4 heteroatoms. The summed E-state index contributed by atoms with van der Waals surface area (Å²) >= 11 is 0. The lowest BCUT2D eigenvalue weighted by atomic mass is 9.72. The number of benzene rings is 1. The molecule has 1 saturated heterocycles. The minimum absolute atomic E-state index is 0. The third kappa shape index (κ3) is 3.33. The lowest BCUT2D eigenvalue weighted by molar-refractivity contribution is -0.152. The third-order valence-electron chi connectivity index (χ3n) is 4.11. The third-order valence-corrected chi connectivity index (χ3v) is 4.11. The van der Waals surface area contributed by atoms with Crippen LogP contribution < -0.4 is 0 Å². The fourth-order valence-corrected chi connectivity index (χ4v) is 2.75. The number of ether oxygens (including phenoxy) is 1. The van der Waals surface area contributed by atoms with Crippen LogP contribution in [0.1, 0.15) is 30.9 Å². The second-order valence-electron chi connectivity index (χ2n) is 5.47. The zero-order valence-corrected chi connectivity index (χ0v) is 13.3. The van der Waals surface area contributed by atoms with Crippen molar-refractivity contribution < 1.29 is 9.53 Å². The molecule has 0 aliphatic carbocycles. The highest BCUT2D eigenvalue weighted by Crippen LogP contribution is 2.36. The van der Waals surface area contributed by atoms with Crippen molar-refractivity contribution in [2.45, 2.75) is 32.1 Å². The lowest BCUT2D eigenvalue weighted by Crippen LogP contribution is -2.47. The van der Waals surface area contributed by atoms with E-state index in [2.05, 4.69) is 43.1 Å². The average molecular weight is 298 g/mol. The molecule has 1 aromatic rings. The summed E-state index contributed by atoms with van der Waals surface area (Å²) < 4.78 is 5.35. The van der Waals surface area contributed by atoms with E-state index in [4.69, 9.17) is 4.74 Å². The molecular formula is C16H24ClNO2. The van der Waals surface area contributed by atoms with E-state index in [-0.39, 0.29) is 18.4 Å². The number of likely N-dealkylation sites (tertiary alicyclic amines) is 1. The van der Waals surface area contributed by atoms with Crippen LogP contribution in [0.15, 0.2) is 24.3 Å². The standard InChI is InChI=1S/C16H23NO2.ClH/c1-4-19-15(18)16(9-11-17(3)12-10-16)14-7-5-13(2)6-8-14;/h5-8H,4,9-12H2,1-3H3;1H. The van der Waals surface area contributed by atoms with Gasteiger partial charge in [-0.15, -0.1) is 12.4 Å². The first kappa shape index (κ1) is 17.0. The van der Waals surface area contributed by atoms with Crippen LogP contribution in [-0.2, 0) is 14.9 Å². The number of hydrogen-bond donors (Lipinski definition) is 0. The van der Waals surface area contributed by atoms with Gasteiger partial charge in [0.25, 0.3) is 0 Å². The van der Waals surface area contributed by atoms with E-state index in [9.17, 15) is 4.79 Å². The molecule has 2 rings (SSSR count). The van der Waals surface area contributed by atoms with Gasteiger partial charge < -0.3 is 9.64 Å². The molecule has 1 aliphatic rings. The van der Waals surface area contributed by atoms with Crippen molar-refractivity contribution in [3.8, 4) is 0 Å². The van der Waals surface area contributed by atoms with Crippen LogP contribution in [-0.4, -0.2) is 37.6 Å². The Morgan fingerprint density at radius 1 is 1.25 bits per heavy atom. The van der Waals surface area contributed by atoms with Crippen LogP contribution in [0.5, 0.6) is 0 Å². The van der Waals surface area contributed by atoms with Gasteiger partial charge in [0, 0.05) is 0 Å². The summed E-state index contributed by atoms with van der Waals surface area (Å²) in [6.07, 6.45) is 1.68. The monoisotopic (exact) mass is 297 g/mol. The number of nitrogens with zero attached hydrogens (tertiary/aromatic N) is 1. The molecule has 112 valence electrons. The highest BCUT2D eigenvalue weighted by molar-refractivity contribution is 5.85. The highest BCUT2D eigenvalue weighted by atomic mass is 35.5. The average Bonchev–Trinajstić information content (AvgIpc) is 2.41. The van der Waals surface area contributed by atoms with Crippen LogP contribution in [0, 0.1) is 6.92 Å². The molecular weight excluding hydrogens is 274 g/mol. The zero-order valence-electron chi connectivity index (χ0n) is 12.5. The number of esters is 1. The van der Waals surface area contributed by atoms with Crippen LogP contribution >= 0.6 is 12.4 Å². The molecule has 3 nitrogen and oxygen atoms in total. The second-order valence-corrected chi connectivity index (χ2v) is 5.47. The van der Waals surface area contributed by atoms with Gasteiger partial charge in [-0.05, 0) is 52.4 Å². The molecule has 0 spiro atoms. The molecule has 0 N–H and O–H groups in total. The summed E-state index contributed by atoms with van der Waals surface area (Å²) in [5.41, 5.74) is 1.87. The molecule has 20 heavy (non-hydrogen) atoms. The predicted molar refractivity (Wildman–Crippen MR) is 83.5 cm³/mol. The van der Waals surface area contributed by atoms with Crippen molar-refractivity contribution in [1.29, 1.82) is 0 Å². The van der Waals surface area contributed by atoms with E-state index in [1.165, 1.54) is 5.56 Å². The number of piperidine rings is 1. The van der Waals surface area contributed by atoms with Crippen molar-refractivity contribution in [3.05, 3.63) is 35.4 Å². The normalized spacial score (nSPS) is 18.1. The van der Waals surface area contributed by atoms with Crippen molar-refractivity contribution in [1.82, 2.24) is 4.90 Å². The summed E-state index contributed by atoms with van der Waals surface area (Å²) in [4.78, 5) is 14.7. The smallest absolute Gasteiger partial charge is 0.316 e. The predicted octanol–water partition coefficient (Wildman–Crippen LogP) is 2.94. The zero-order chi connectivity index (χ0) is 13.9. The summed E-state index contributed by atoms with van der Waals surface area (Å²) in [6.45, 7) is 6.26. The van der Waals surface area contributed by atoms with E-state index in [1.54, 1.807) is 0 Å².